The van der Waals surface area contributed by atoms with Gasteiger partial charge in [-0.1, -0.05) is 23.9 Å². The molecule has 2 aromatic heterocycles. The molecule has 0 atom stereocenters. The third-order valence-corrected chi connectivity index (χ3v) is 6.56. The summed E-state index contributed by atoms with van der Waals surface area (Å²) in [5.41, 5.74) is 8.21. The van der Waals surface area contributed by atoms with Gasteiger partial charge in [-0.25, -0.2) is 14.8 Å². The van der Waals surface area contributed by atoms with Crippen LogP contribution in [-0.4, -0.2) is 34.7 Å². The molecule has 7 nitrogen and oxygen atoms in total. The second kappa shape index (κ2) is 7.76. The van der Waals surface area contributed by atoms with Gasteiger partial charge in [-0.3, -0.25) is 4.79 Å². The van der Waals surface area contributed by atoms with E-state index in [4.69, 9.17) is 10.5 Å². The summed E-state index contributed by atoms with van der Waals surface area (Å²) in [5.74, 6) is -0.143. The first-order valence-corrected chi connectivity index (χ1v) is 10.5. The zero-order valence-corrected chi connectivity index (χ0v) is 16.8. The van der Waals surface area contributed by atoms with Crippen LogP contribution in [0.3, 0.4) is 0 Å². The van der Waals surface area contributed by atoms with Crippen molar-refractivity contribution < 1.29 is 14.3 Å². The topological polar surface area (TPSA) is 107 Å². The van der Waals surface area contributed by atoms with E-state index in [0.717, 1.165) is 40.6 Å². The van der Waals surface area contributed by atoms with Crippen LogP contribution in [0.5, 0.6) is 0 Å². The minimum absolute atomic E-state index is 0.112. The van der Waals surface area contributed by atoms with Gasteiger partial charge in [0.1, 0.15) is 10.8 Å². The number of ether oxygens (including phenoxy) is 1. The zero-order chi connectivity index (χ0) is 19.7. The number of carbonyl (C=O) groups is 2. The maximum atomic E-state index is 12.5. The average molecular weight is 415 g/mol. The highest BCUT2D eigenvalue weighted by atomic mass is 32.2. The fraction of sp³-hybridized carbons (Fsp3) is 0.263. The zero-order valence-electron chi connectivity index (χ0n) is 15.2. The van der Waals surface area contributed by atoms with Crippen molar-refractivity contribution in [3.63, 3.8) is 0 Å². The summed E-state index contributed by atoms with van der Waals surface area (Å²) in [4.78, 5) is 34.5. The second-order valence-electron chi connectivity index (χ2n) is 6.30. The molecule has 0 radical (unpaired) electrons. The van der Waals surface area contributed by atoms with Gasteiger partial charge in [0.25, 0.3) is 0 Å². The molecule has 1 aromatic carbocycles. The van der Waals surface area contributed by atoms with Crippen molar-refractivity contribution in [2.75, 3.05) is 23.9 Å². The predicted molar refractivity (Wildman–Crippen MR) is 111 cm³/mol. The molecule has 0 spiro atoms. The number of nitrogens with two attached hydrogens (primary N) is 1. The number of thiophene rings is 1. The number of fused-ring (bicyclic) bond motifs is 2. The molecule has 0 fully saturated rings. The Balaban J connectivity index is 1.48. The van der Waals surface area contributed by atoms with Crippen LogP contribution < -0.4 is 11.1 Å². The Morgan fingerprint density at radius 2 is 2.11 bits per heavy atom. The van der Waals surface area contributed by atoms with Crippen molar-refractivity contribution in [2.24, 2.45) is 0 Å². The number of nitrogen functional groups attached to an aromatic ring is 1. The monoisotopic (exact) mass is 414 g/mol. The maximum absolute atomic E-state index is 12.5. The number of nitrogens with one attached hydrogen (secondary N) is 1. The van der Waals surface area contributed by atoms with Crippen molar-refractivity contribution in [1.29, 1.82) is 0 Å². The van der Waals surface area contributed by atoms with Crippen LogP contribution in [-0.2, 0) is 22.4 Å². The predicted octanol–water partition coefficient (Wildman–Crippen LogP) is 3.28. The molecule has 1 aliphatic carbocycles. The average Bonchev–Trinajstić information content (AvgIpc) is 3.26. The van der Waals surface area contributed by atoms with Gasteiger partial charge in [-0.05, 0) is 37.0 Å². The van der Waals surface area contributed by atoms with E-state index in [2.05, 4.69) is 15.3 Å². The van der Waals surface area contributed by atoms with Crippen LogP contribution >= 0.6 is 23.1 Å². The molecule has 0 bridgehead atoms. The summed E-state index contributed by atoms with van der Waals surface area (Å²) in [6.45, 7) is 0. The number of hydrogen-bond acceptors (Lipinski definition) is 8. The van der Waals surface area contributed by atoms with Crippen LogP contribution in [0.25, 0.3) is 10.9 Å². The lowest BCUT2D eigenvalue weighted by Gasteiger charge is -2.07. The van der Waals surface area contributed by atoms with Gasteiger partial charge >= 0.3 is 5.97 Å². The standard InChI is InChI=1S/C19H18N4O3S2/c1-26-18(25)15-11-6-4-8-13(11)28-17(15)22-14(24)9-27-19-21-12-7-3-2-5-10(12)16(20)23-19/h2-3,5,7H,4,6,8-9H2,1H3,(H,22,24)(H2,20,21,23). The Morgan fingerprint density at radius 1 is 1.29 bits per heavy atom. The second-order valence-corrected chi connectivity index (χ2v) is 8.35. The van der Waals surface area contributed by atoms with E-state index in [9.17, 15) is 9.59 Å². The highest BCUT2D eigenvalue weighted by Crippen LogP contribution is 2.39. The summed E-state index contributed by atoms with van der Waals surface area (Å²) >= 11 is 2.66. The van der Waals surface area contributed by atoms with E-state index in [-0.39, 0.29) is 11.7 Å². The third kappa shape index (κ3) is 3.55. The van der Waals surface area contributed by atoms with Gasteiger partial charge in [0.2, 0.25) is 5.91 Å². The molecular formula is C19H18N4O3S2. The number of rotatable bonds is 5. The summed E-state index contributed by atoms with van der Waals surface area (Å²) in [7, 11) is 1.35. The number of para-hydroxylation sites is 1. The van der Waals surface area contributed by atoms with Crippen molar-refractivity contribution in [3.8, 4) is 0 Å². The number of amides is 1. The number of esters is 1. The van der Waals surface area contributed by atoms with Crippen molar-refractivity contribution in [3.05, 3.63) is 40.3 Å². The van der Waals surface area contributed by atoms with Crippen LogP contribution in [0, 0.1) is 0 Å². The first-order valence-electron chi connectivity index (χ1n) is 8.74. The van der Waals surface area contributed by atoms with Gasteiger partial charge in [0, 0.05) is 10.3 Å². The van der Waals surface area contributed by atoms with Gasteiger partial charge in [-0.2, -0.15) is 0 Å². The maximum Gasteiger partial charge on any atom is 0.341 e. The lowest BCUT2D eigenvalue weighted by molar-refractivity contribution is -0.113. The Bertz CT molecular complexity index is 1080. The minimum atomic E-state index is -0.409. The molecule has 0 aliphatic heterocycles. The number of carbonyl (C=O) groups excluding carboxylic acids is 2. The largest absolute Gasteiger partial charge is 0.465 e. The fourth-order valence-electron chi connectivity index (χ4n) is 3.25. The number of aromatic nitrogens is 2. The van der Waals surface area contributed by atoms with E-state index in [0.29, 0.717) is 21.5 Å². The molecule has 3 N–H and O–H groups in total. The Labute approximate surface area is 169 Å². The van der Waals surface area contributed by atoms with Gasteiger partial charge in [0.15, 0.2) is 5.16 Å². The molecule has 0 saturated heterocycles. The molecule has 1 aliphatic rings. The Hall–Kier alpha value is -2.65. The molecule has 2 heterocycles. The van der Waals surface area contributed by atoms with Crippen LogP contribution in [0.2, 0.25) is 0 Å². The molecule has 9 heteroatoms. The number of aryl methyl sites for hydroxylation is 1. The first-order chi connectivity index (χ1) is 13.6. The SMILES string of the molecule is COC(=O)c1c(NC(=O)CSc2nc(N)c3ccccc3n2)sc2c1CCC2. The molecule has 144 valence electrons. The van der Waals surface area contributed by atoms with Gasteiger partial charge in [-0.15, -0.1) is 11.3 Å². The number of nitrogens with zero attached hydrogens (tertiary/aromatic N) is 2. The van der Waals surface area contributed by atoms with Gasteiger partial charge in [0.05, 0.1) is 23.9 Å². The highest BCUT2D eigenvalue weighted by Gasteiger charge is 2.28. The summed E-state index contributed by atoms with van der Waals surface area (Å²) in [5, 5.41) is 4.63. The van der Waals surface area contributed by atoms with Crippen LogP contribution in [0.1, 0.15) is 27.2 Å². The summed E-state index contributed by atoms with van der Waals surface area (Å²) < 4.78 is 4.90. The first kappa shape index (κ1) is 18.7. The summed E-state index contributed by atoms with van der Waals surface area (Å²) in [6, 6.07) is 7.46. The van der Waals surface area contributed by atoms with Crippen molar-refractivity contribution in [2.45, 2.75) is 24.4 Å². The third-order valence-electron chi connectivity index (χ3n) is 4.51. The molecule has 28 heavy (non-hydrogen) atoms. The van der Waals surface area contributed by atoms with E-state index in [1.54, 1.807) is 0 Å². The number of anilines is 2. The molecule has 4 rings (SSSR count). The minimum Gasteiger partial charge on any atom is -0.465 e. The number of methoxy groups -OCH3 is 1. The number of thioether (sulfide) groups is 1. The van der Waals surface area contributed by atoms with E-state index >= 15 is 0 Å². The van der Waals surface area contributed by atoms with Crippen molar-refractivity contribution >= 4 is 56.7 Å². The van der Waals surface area contributed by atoms with E-state index in [1.165, 1.54) is 30.2 Å². The smallest absolute Gasteiger partial charge is 0.341 e. The van der Waals surface area contributed by atoms with Crippen LogP contribution in [0.15, 0.2) is 29.4 Å². The lowest BCUT2D eigenvalue weighted by atomic mass is 10.1. The number of benzene rings is 1. The van der Waals surface area contributed by atoms with Crippen molar-refractivity contribution in [1.82, 2.24) is 9.97 Å². The molecule has 3 aromatic rings. The molecule has 1 amide bonds. The molecule has 0 unspecified atom stereocenters. The number of hydrogen-bond donors (Lipinski definition) is 2. The molecular weight excluding hydrogens is 396 g/mol. The molecule has 0 saturated carbocycles. The van der Waals surface area contributed by atoms with E-state index < -0.39 is 5.97 Å². The van der Waals surface area contributed by atoms with Gasteiger partial charge < -0.3 is 15.8 Å². The Kier molecular flexibility index (Phi) is 5.19. The highest BCUT2D eigenvalue weighted by molar-refractivity contribution is 7.99. The Morgan fingerprint density at radius 3 is 2.93 bits per heavy atom. The summed E-state index contributed by atoms with van der Waals surface area (Å²) in [6.07, 6.45) is 2.79. The normalized spacial score (nSPS) is 12.8. The van der Waals surface area contributed by atoms with Crippen LogP contribution in [0.4, 0.5) is 10.8 Å². The lowest BCUT2D eigenvalue weighted by Crippen LogP contribution is -2.16. The van der Waals surface area contributed by atoms with E-state index in [1.807, 2.05) is 24.3 Å². The fourth-order valence-corrected chi connectivity index (χ4v) is 5.20. The quantitative estimate of drug-likeness (QED) is 0.375.